The Bertz CT molecular complexity index is 1330. The Morgan fingerprint density at radius 2 is 1.36 bits per heavy atom. The molecule has 0 bridgehead atoms. The van der Waals surface area contributed by atoms with Gasteiger partial charge in [0.25, 0.3) is 0 Å². The summed E-state index contributed by atoms with van der Waals surface area (Å²) in [5.41, 5.74) is 4.99. The van der Waals surface area contributed by atoms with Gasteiger partial charge in [0.15, 0.2) is 0 Å². The smallest absolute Gasteiger partial charge is 0.321 e. The summed E-state index contributed by atoms with van der Waals surface area (Å²) in [5.74, 6) is -5.23. The van der Waals surface area contributed by atoms with Crippen molar-refractivity contribution in [2.45, 2.75) is 121 Å². The molecule has 1 aliphatic heterocycles. The molecule has 1 aliphatic rings. The molecular weight excluding hydrogens is 785 g/mol. The number of nitrogens with one attached hydrogen (secondary N) is 4. The number of rotatable bonds is 32. The molecule has 5 unspecified atom stereocenters. The Hall–Kier alpha value is -3.60. The third-order valence-corrected chi connectivity index (χ3v) is 10.5. The molecule has 0 saturated carbocycles. The van der Waals surface area contributed by atoms with Crippen LogP contribution < -0.4 is 27.0 Å². The molecule has 1 saturated heterocycles. The van der Waals surface area contributed by atoms with Crippen LogP contribution in [-0.2, 0) is 47.8 Å². The lowest BCUT2D eigenvalue weighted by atomic mass is 9.92. The van der Waals surface area contributed by atoms with E-state index in [2.05, 4.69) is 21.3 Å². The number of carboxylic acid groups (broad SMARTS) is 3. The van der Waals surface area contributed by atoms with Gasteiger partial charge < -0.3 is 61.2 Å². The van der Waals surface area contributed by atoms with Crippen LogP contribution in [0.3, 0.4) is 0 Å². The molecule has 0 radical (unpaired) electrons. The summed E-state index contributed by atoms with van der Waals surface area (Å²) in [4.78, 5) is 84.7. The summed E-state index contributed by atoms with van der Waals surface area (Å²) >= 11 is 1.39. The number of nitrogens with two attached hydrogens (primary N) is 1. The molecule has 10 N–H and O–H groups in total. The van der Waals surface area contributed by atoms with E-state index in [-0.39, 0.29) is 69.2 Å². The normalized spacial score (nSPS) is 17.4. The summed E-state index contributed by atoms with van der Waals surface area (Å²) in [6.45, 7) is 12.0. The van der Waals surface area contributed by atoms with Gasteiger partial charge in [0.05, 0.1) is 26.4 Å². The molecule has 1 rings (SSSR count). The van der Waals surface area contributed by atoms with Gasteiger partial charge in [0.2, 0.25) is 23.6 Å². The zero-order chi connectivity index (χ0) is 43.9. The maximum absolute atomic E-state index is 12.8. The van der Waals surface area contributed by atoms with Gasteiger partial charge in [-0.05, 0) is 46.5 Å². The van der Waals surface area contributed by atoms with Crippen LogP contribution in [0.2, 0.25) is 0 Å². The van der Waals surface area contributed by atoms with E-state index in [1.165, 1.54) is 16.7 Å². The highest BCUT2D eigenvalue weighted by atomic mass is 32.2. The molecule has 58 heavy (non-hydrogen) atoms. The number of aliphatic carboxylic acids is 3. The fourth-order valence-corrected chi connectivity index (χ4v) is 6.96. The van der Waals surface area contributed by atoms with E-state index in [1.807, 2.05) is 34.6 Å². The predicted molar refractivity (Wildman–Crippen MR) is 213 cm³/mol. The maximum atomic E-state index is 12.8. The number of nitrogens with zero attached hydrogens (tertiary/aromatic N) is 1. The molecule has 0 aromatic carbocycles. The molecule has 20 nitrogen and oxygen atoms in total. The van der Waals surface area contributed by atoms with Gasteiger partial charge in [0.1, 0.15) is 24.4 Å². The first-order valence-corrected chi connectivity index (χ1v) is 20.5. The lowest BCUT2D eigenvalue weighted by Crippen LogP contribution is -2.50. The van der Waals surface area contributed by atoms with Crippen molar-refractivity contribution in [3.8, 4) is 0 Å². The van der Waals surface area contributed by atoms with Crippen LogP contribution in [0.5, 0.6) is 0 Å². The van der Waals surface area contributed by atoms with E-state index < -0.39 is 70.3 Å². The maximum Gasteiger partial charge on any atom is 0.321 e. The molecule has 1 heterocycles. The summed E-state index contributed by atoms with van der Waals surface area (Å²) in [6.07, 6.45) is -0.812. The number of aliphatic hydroxyl groups is 1. The van der Waals surface area contributed by atoms with Gasteiger partial charge in [0, 0.05) is 80.5 Å². The number of carboxylic acids is 3. The van der Waals surface area contributed by atoms with Crippen molar-refractivity contribution in [1.29, 1.82) is 0 Å². The molecule has 4 amide bonds. The highest BCUT2D eigenvalue weighted by molar-refractivity contribution is 8.00. The van der Waals surface area contributed by atoms with Gasteiger partial charge in [-0.1, -0.05) is 13.8 Å². The number of amides is 4. The van der Waals surface area contributed by atoms with Crippen molar-refractivity contribution >= 4 is 53.3 Å². The molecule has 5 atom stereocenters. The van der Waals surface area contributed by atoms with E-state index in [0.29, 0.717) is 59.0 Å². The first-order chi connectivity index (χ1) is 27.1. The first kappa shape index (κ1) is 52.4. The van der Waals surface area contributed by atoms with Crippen LogP contribution in [0.1, 0.15) is 86.0 Å². The van der Waals surface area contributed by atoms with Crippen molar-refractivity contribution in [3.05, 3.63) is 0 Å². The number of likely N-dealkylation sites (tertiary alicyclic amines) is 1. The quantitative estimate of drug-likeness (QED) is 0.0386. The van der Waals surface area contributed by atoms with E-state index in [1.54, 1.807) is 0 Å². The standard InChI is InChI=1S/C37H66N6O14S/c1-36(2,3)42-27(35(53)54)23-58-37(4,5)24-22-30(46)43(33(24)50)15-12-28(44)39-13-6-16-55-18-20-57-21-19-56-17-7-14-40-32(49)26(9-11-31(47)48)41-29(45)10-8-25(38)34(51)52/h24-27,33,42,50H,6-23,38H2,1-5H3,(H,39,44)(H,40,49)(H,41,45)(H,47,48)(H,51,52)(H,53,54). The second-order valence-corrected chi connectivity index (χ2v) is 17.2. The second kappa shape index (κ2) is 27.2. The number of carbonyl (C=O) groups is 7. The number of hydrogen-bond donors (Lipinski definition) is 9. The Balaban J connectivity index is 2.16. The number of thioether (sulfide) groups is 1. The summed E-state index contributed by atoms with van der Waals surface area (Å²) < 4.78 is 15.9. The van der Waals surface area contributed by atoms with E-state index >= 15 is 0 Å². The third kappa shape index (κ3) is 22.5. The SMILES string of the molecule is CC(C)(C)NC(CSC(C)(C)C1CC(=O)N(CCC(=O)NCCCOCCOCCOCCCNC(=O)C(CCC(=O)O)NC(=O)CCC(N)C(=O)O)C1O)C(=O)O. The zero-order valence-corrected chi connectivity index (χ0v) is 35.2. The molecule has 0 spiro atoms. The minimum atomic E-state index is -1.26. The van der Waals surface area contributed by atoms with Crippen LogP contribution in [0.25, 0.3) is 0 Å². The van der Waals surface area contributed by atoms with Gasteiger partial charge in [-0.25, -0.2) is 0 Å². The lowest BCUT2D eigenvalue weighted by Gasteiger charge is -2.35. The largest absolute Gasteiger partial charge is 0.481 e. The van der Waals surface area contributed by atoms with Gasteiger partial charge >= 0.3 is 17.9 Å². The fraction of sp³-hybridized carbons (Fsp3) is 0.811. The number of aliphatic hydroxyl groups excluding tert-OH is 1. The highest BCUT2D eigenvalue weighted by Gasteiger charge is 2.47. The van der Waals surface area contributed by atoms with E-state index in [4.69, 9.17) is 30.2 Å². The Morgan fingerprint density at radius 3 is 1.90 bits per heavy atom. The van der Waals surface area contributed by atoms with Gasteiger partial charge in [-0.3, -0.25) is 38.9 Å². The predicted octanol–water partition coefficient (Wildman–Crippen LogP) is -0.499. The molecule has 21 heteroatoms. The second-order valence-electron chi connectivity index (χ2n) is 15.5. The highest BCUT2D eigenvalue weighted by Crippen LogP contribution is 2.41. The minimum absolute atomic E-state index is 0.0227. The van der Waals surface area contributed by atoms with Gasteiger partial charge in [-0.15, -0.1) is 0 Å². The van der Waals surface area contributed by atoms with Crippen LogP contribution >= 0.6 is 11.8 Å². The molecule has 334 valence electrons. The van der Waals surface area contributed by atoms with Gasteiger partial charge in [-0.2, -0.15) is 11.8 Å². The molecule has 0 aromatic heterocycles. The molecule has 0 aromatic rings. The van der Waals surface area contributed by atoms with Crippen molar-refractivity contribution in [1.82, 2.24) is 26.2 Å². The summed E-state index contributed by atoms with van der Waals surface area (Å²) in [7, 11) is 0. The van der Waals surface area contributed by atoms with Crippen LogP contribution in [0.15, 0.2) is 0 Å². The topological polar surface area (TPSA) is 305 Å². The van der Waals surface area contributed by atoms with Crippen LogP contribution in [0, 0.1) is 5.92 Å². The lowest BCUT2D eigenvalue weighted by molar-refractivity contribution is -0.140. The fourth-order valence-electron chi connectivity index (χ4n) is 5.72. The first-order valence-electron chi connectivity index (χ1n) is 19.5. The van der Waals surface area contributed by atoms with Crippen LogP contribution in [0.4, 0.5) is 0 Å². The van der Waals surface area contributed by atoms with Crippen molar-refractivity contribution < 1.29 is 68.2 Å². The van der Waals surface area contributed by atoms with Crippen LogP contribution in [-0.4, -0.2) is 167 Å². The van der Waals surface area contributed by atoms with Crippen molar-refractivity contribution in [2.24, 2.45) is 11.7 Å². The average molecular weight is 851 g/mol. The third-order valence-electron chi connectivity index (χ3n) is 8.99. The zero-order valence-electron chi connectivity index (χ0n) is 34.4. The number of ether oxygens (including phenoxy) is 3. The summed E-state index contributed by atoms with van der Waals surface area (Å²) in [6, 6.07) is -3.12. The Labute approximate surface area is 344 Å². The van der Waals surface area contributed by atoms with E-state index in [0.717, 1.165) is 0 Å². The minimum Gasteiger partial charge on any atom is -0.481 e. The van der Waals surface area contributed by atoms with Crippen molar-refractivity contribution in [2.75, 3.05) is 65.0 Å². The average Bonchev–Trinajstić information content (AvgIpc) is 3.43. The molecule has 0 aliphatic carbocycles. The molecule has 1 fully saturated rings. The van der Waals surface area contributed by atoms with E-state index in [9.17, 15) is 43.8 Å². The Morgan fingerprint density at radius 1 is 0.793 bits per heavy atom. The monoisotopic (exact) mass is 850 g/mol. The molecular formula is C37H66N6O14S. The number of hydrogen-bond acceptors (Lipinski definition) is 14. The van der Waals surface area contributed by atoms with Crippen molar-refractivity contribution in [3.63, 3.8) is 0 Å². The number of carbonyl (C=O) groups excluding carboxylic acids is 4. The summed E-state index contributed by atoms with van der Waals surface area (Å²) in [5, 5.41) is 49.4. The Kier molecular flexibility index (Phi) is 24.6.